The number of carbonyl (C=O) groups is 3. The van der Waals surface area contributed by atoms with Gasteiger partial charge in [0.25, 0.3) is 0 Å². The maximum absolute atomic E-state index is 11.6. The van der Waals surface area contributed by atoms with Crippen LogP contribution in [0.5, 0.6) is 0 Å². The predicted molar refractivity (Wildman–Crippen MR) is 103 cm³/mol. The molecule has 0 bridgehead atoms. The van der Waals surface area contributed by atoms with Crippen LogP contribution in [0.25, 0.3) is 6.08 Å². The first-order chi connectivity index (χ1) is 12.7. The van der Waals surface area contributed by atoms with Gasteiger partial charge in [-0.25, -0.2) is 9.59 Å². The maximum atomic E-state index is 11.6. The number of amides is 1. The molecule has 0 aromatic heterocycles. The number of alkyl carbamates (subject to hydrolysis) is 1. The molecule has 0 aliphatic rings. The van der Waals surface area contributed by atoms with Crippen LogP contribution in [0.2, 0.25) is 5.82 Å². The number of hydrogen-bond donors (Lipinski definition) is 2. The molecule has 1 rings (SSSR count). The molecule has 0 heterocycles. The molecule has 0 radical (unpaired) electrons. The van der Waals surface area contributed by atoms with E-state index in [2.05, 4.69) is 5.32 Å². The fourth-order valence-electron chi connectivity index (χ4n) is 1.70. The van der Waals surface area contributed by atoms with E-state index in [1.54, 1.807) is 32.9 Å². The molecule has 7 heteroatoms. The third-order valence-corrected chi connectivity index (χ3v) is 3.04. The van der Waals surface area contributed by atoms with Crippen molar-refractivity contribution in [3.05, 3.63) is 54.1 Å². The number of allylic oxidation sites excluding steroid dienone is 2. The van der Waals surface area contributed by atoms with Gasteiger partial charge < -0.3 is 15.2 Å². The SMILES string of the molecule is CC(C)(C)OC(=O)N[C@@H](CC=CC=Cc1ccccc1)C(=O)O.[CH3][Fe][CH]=O. The number of rotatable bonds is 7. The molecule has 0 saturated heterocycles. The summed E-state index contributed by atoms with van der Waals surface area (Å²) in [5.74, 6) is 0.708. The molecule has 27 heavy (non-hydrogen) atoms. The van der Waals surface area contributed by atoms with Crippen LogP contribution in [0.1, 0.15) is 32.8 Å². The molecular formula is C20H27FeNO5. The third-order valence-electron chi connectivity index (χ3n) is 2.78. The van der Waals surface area contributed by atoms with Gasteiger partial charge in [-0.2, -0.15) is 0 Å². The van der Waals surface area contributed by atoms with Gasteiger partial charge in [0, 0.05) is 0 Å². The molecule has 0 fully saturated rings. The van der Waals surface area contributed by atoms with Crippen molar-refractivity contribution in [1.29, 1.82) is 0 Å². The van der Waals surface area contributed by atoms with Crippen molar-refractivity contribution in [3.63, 3.8) is 0 Å². The van der Waals surface area contributed by atoms with Crippen LogP contribution in [0.3, 0.4) is 0 Å². The Hall–Kier alpha value is -2.37. The molecule has 2 N–H and O–H groups in total. The van der Waals surface area contributed by atoms with E-state index in [1.165, 1.54) is 0 Å². The van der Waals surface area contributed by atoms with Gasteiger partial charge >= 0.3 is 42.8 Å². The fraction of sp³-hybridized carbons (Fsp3) is 0.350. The molecule has 1 aromatic rings. The summed E-state index contributed by atoms with van der Waals surface area (Å²) >= 11 is 0.639. The standard InChI is InChI=1S/C18H23NO4.CHO.CH3.Fe/c1-18(2,3)23-17(22)19-15(16(20)21)13-9-5-8-12-14-10-6-4-7-11-14;1-2;;/h4-12,15H,13H2,1-3H3,(H,19,22)(H,20,21);1H;1H3;/t15-;;;/m0.../s1. The van der Waals surface area contributed by atoms with E-state index < -0.39 is 23.7 Å². The van der Waals surface area contributed by atoms with Crippen molar-refractivity contribution >= 4 is 23.3 Å². The van der Waals surface area contributed by atoms with Gasteiger partial charge in [0.05, 0.1) is 0 Å². The van der Waals surface area contributed by atoms with Crippen LogP contribution >= 0.6 is 0 Å². The summed E-state index contributed by atoms with van der Waals surface area (Å²) in [6.07, 6.45) is 6.61. The van der Waals surface area contributed by atoms with Crippen molar-refractivity contribution in [2.24, 2.45) is 0 Å². The van der Waals surface area contributed by atoms with Crippen LogP contribution in [0.4, 0.5) is 4.79 Å². The zero-order chi connectivity index (χ0) is 20.7. The van der Waals surface area contributed by atoms with Crippen LogP contribution < -0.4 is 5.32 Å². The molecule has 1 atom stereocenters. The number of ether oxygens (including phenoxy) is 1. The second kappa shape index (κ2) is 13.8. The molecule has 1 amide bonds. The van der Waals surface area contributed by atoms with E-state index >= 15 is 0 Å². The summed E-state index contributed by atoms with van der Waals surface area (Å²) in [6, 6.07) is 8.73. The van der Waals surface area contributed by atoms with Crippen molar-refractivity contribution in [3.8, 4) is 0 Å². The Bertz CT molecular complexity index is 636. The van der Waals surface area contributed by atoms with E-state index in [9.17, 15) is 14.4 Å². The number of benzene rings is 1. The average Bonchev–Trinajstić information content (AvgIpc) is 2.60. The first kappa shape index (κ1) is 24.6. The zero-order valence-electron chi connectivity index (χ0n) is 16.0. The number of carboxylic acids is 1. The predicted octanol–water partition coefficient (Wildman–Crippen LogP) is 3.93. The molecule has 0 saturated carbocycles. The van der Waals surface area contributed by atoms with E-state index in [1.807, 2.05) is 48.3 Å². The number of nitrogens with one attached hydrogen (secondary N) is 1. The topological polar surface area (TPSA) is 92.7 Å². The summed E-state index contributed by atoms with van der Waals surface area (Å²) in [6.45, 7) is 5.16. The molecule has 0 aliphatic heterocycles. The second-order valence-corrected chi connectivity index (χ2v) is 7.16. The monoisotopic (exact) mass is 417 g/mol. The van der Waals surface area contributed by atoms with Crippen LogP contribution in [-0.2, 0) is 29.3 Å². The van der Waals surface area contributed by atoms with Crippen molar-refractivity contribution in [2.75, 3.05) is 0 Å². The molecular weight excluding hydrogens is 390 g/mol. The van der Waals surface area contributed by atoms with Crippen molar-refractivity contribution in [1.82, 2.24) is 5.32 Å². The summed E-state index contributed by atoms with van der Waals surface area (Å²) in [5, 5.41) is 12.4. The molecule has 1 aromatic carbocycles. The minimum absolute atomic E-state index is 0.174. The quantitative estimate of drug-likeness (QED) is 0.399. The van der Waals surface area contributed by atoms with Gasteiger partial charge in [0.2, 0.25) is 0 Å². The summed E-state index contributed by atoms with van der Waals surface area (Å²) in [5.41, 5.74) is 0.389. The Morgan fingerprint density at radius 2 is 1.81 bits per heavy atom. The number of carboxylic acid groups (broad SMARTS) is 1. The van der Waals surface area contributed by atoms with E-state index in [-0.39, 0.29) is 6.42 Å². The normalized spacial score (nSPS) is 12.3. The molecule has 0 spiro atoms. The molecule has 6 nitrogen and oxygen atoms in total. The number of aliphatic carboxylic acids is 1. The van der Waals surface area contributed by atoms with Gasteiger partial charge in [0.1, 0.15) is 11.6 Å². The summed E-state index contributed by atoms with van der Waals surface area (Å²) < 4.78 is 5.05. The van der Waals surface area contributed by atoms with Gasteiger partial charge in [-0.3, -0.25) is 0 Å². The van der Waals surface area contributed by atoms with Gasteiger partial charge in [-0.05, 0) is 32.8 Å². The summed E-state index contributed by atoms with van der Waals surface area (Å²) in [4.78, 5) is 31.9. The van der Waals surface area contributed by atoms with Gasteiger partial charge in [0.15, 0.2) is 0 Å². The Balaban J connectivity index is 0.00000153. The first-order valence-electron chi connectivity index (χ1n) is 8.18. The van der Waals surface area contributed by atoms with Crippen molar-refractivity contribution < 1.29 is 39.2 Å². The van der Waals surface area contributed by atoms with E-state index in [4.69, 9.17) is 9.84 Å². The average molecular weight is 417 g/mol. The molecule has 0 aliphatic carbocycles. The molecule has 150 valence electrons. The van der Waals surface area contributed by atoms with E-state index in [0.717, 1.165) is 10.7 Å². The minimum atomic E-state index is -1.10. The number of carbonyl (C=O) groups excluding carboxylic acids is 2. The van der Waals surface area contributed by atoms with Crippen LogP contribution in [0.15, 0.2) is 48.6 Å². The van der Waals surface area contributed by atoms with E-state index in [0.29, 0.717) is 15.0 Å². The third kappa shape index (κ3) is 14.5. The summed E-state index contributed by atoms with van der Waals surface area (Å²) in [7, 11) is 0. The van der Waals surface area contributed by atoms with Gasteiger partial charge in [-0.15, -0.1) is 0 Å². The Morgan fingerprint density at radius 1 is 1.22 bits per heavy atom. The Labute approximate surface area is 166 Å². The van der Waals surface area contributed by atoms with Crippen molar-refractivity contribution in [2.45, 2.75) is 44.7 Å². The zero-order valence-corrected chi connectivity index (χ0v) is 17.1. The fourth-order valence-corrected chi connectivity index (χ4v) is 1.70. The molecule has 0 unspecified atom stereocenters. The first-order valence-corrected chi connectivity index (χ1v) is 9.92. The van der Waals surface area contributed by atoms with Crippen LogP contribution in [-0.4, -0.2) is 34.0 Å². The van der Waals surface area contributed by atoms with Crippen LogP contribution in [0, 0.1) is 0 Å². The Morgan fingerprint density at radius 3 is 2.30 bits per heavy atom. The second-order valence-electron chi connectivity index (χ2n) is 6.26. The Kier molecular flexibility index (Phi) is 12.6. The number of hydrogen-bond acceptors (Lipinski definition) is 4. The van der Waals surface area contributed by atoms with Gasteiger partial charge in [-0.1, -0.05) is 54.6 Å².